The van der Waals surface area contributed by atoms with Crippen molar-refractivity contribution in [1.82, 2.24) is 10.2 Å². The highest BCUT2D eigenvalue weighted by Crippen LogP contribution is 2.04. The summed E-state index contributed by atoms with van der Waals surface area (Å²) in [5, 5.41) is 3.10. The van der Waals surface area contributed by atoms with E-state index in [1.54, 1.807) is 0 Å². The third-order valence-electron chi connectivity index (χ3n) is 3.91. The van der Waals surface area contributed by atoms with E-state index in [-0.39, 0.29) is 6.03 Å². The second-order valence-electron chi connectivity index (χ2n) is 6.05. The van der Waals surface area contributed by atoms with Crippen molar-refractivity contribution in [3.63, 3.8) is 0 Å². The van der Waals surface area contributed by atoms with Gasteiger partial charge < -0.3 is 10.2 Å². The quantitative estimate of drug-likeness (QED) is 0.431. The number of urea groups is 1. The third kappa shape index (κ3) is 12.7. The van der Waals surface area contributed by atoms with Crippen molar-refractivity contribution in [2.24, 2.45) is 0 Å². The van der Waals surface area contributed by atoms with Gasteiger partial charge in [0.1, 0.15) is 0 Å². The molecule has 0 aliphatic carbocycles. The van der Waals surface area contributed by atoms with Crippen molar-refractivity contribution in [3.8, 4) is 0 Å². The van der Waals surface area contributed by atoms with Gasteiger partial charge in [-0.2, -0.15) is 0 Å². The number of carbonyl (C=O) groups excluding carboxylic acids is 1. The number of carbonyl (C=O) groups is 1. The van der Waals surface area contributed by atoms with Gasteiger partial charge in [0, 0.05) is 19.6 Å². The van der Waals surface area contributed by atoms with Crippen LogP contribution in [0, 0.1) is 0 Å². The van der Waals surface area contributed by atoms with Gasteiger partial charge in [-0.15, -0.1) is 0 Å². The van der Waals surface area contributed by atoms with E-state index in [4.69, 9.17) is 0 Å². The van der Waals surface area contributed by atoms with Gasteiger partial charge in [-0.1, -0.05) is 72.1 Å². The molecule has 0 aromatic heterocycles. The lowest BCUT2D eigenvalue weighted by atomic mass is 10.1. The molecule has 0 aliphatic heterocycles. The maximum atomic E-state index is 12.2. The summed E-state index contributed by atoms with van der Waals surface area (Å²) in [6, 6.07) is 0.151. The first kappa shape index (κ1) is 20.3. The fraction of sp³-hybridized carbons (Fsp3) is 0.944. The Balaban J connectivity index is 3.87. The summed E-state index contributed by atoms with van der Waals surface area (Å²) in [6.07, 6.45) is 13.3. The molecular formula is C18H38N2O. The lowest BCUT2D eigenvalue weighted by Crippen LogP contribution is -2.41. The van der Waals surface area contributed by atoms with E-state index >= 15 is 0 Å². The van der Waals surface area contributed by atoms with Gasteiger partial charge in [-0.3, -0.25) is 0 Å². The number of unbranched alkanes of at least 4 members (excludes halogenated alkanes) is 8. The molecule has 2 amide bonds. The van der Waals surface area contributed by atoms with Crippen LogP contribution in [0.1, 0.15) is 91.4 Å². The molecule has 0 atom stereocenters. The Hall–Kier alpha value is -0.730. The number of rotatable bonds is 14. The first-order valence-corrected chi connectivity index (χ1v) is 9.29. The van der Waals surface area contributed by atoms with Crippen LogP contribution in [0.25, 0.3) is 0 Å². The monoisotopic (exact) mass is 298 g/mol. The highest BCUT2D eigenvalue weighted by atomic mass is 16.2. The van der Waals surface area contributed by atoms with Gasteiger partial charge in [0.25, 0.3) is 0 Å². The van der Waals surface area contributed by atoms with Crippen LogP contribution in [0.4, 0.5) is 4.79 Å². The second kappa shape index (κ2) is 15.7. The molecule has 21 heavy (non-hydrogen) atoms. The second-order valence-corrected chi connectivity index (χ2v) is 6.05. The molecular weight excluding hydrogens is 260 g/mol. The molecule has 0 aromatic carbocycles. The maximum absolute atomic E-state index is 12.2. The molecule has 0 spiro atoms. The molecule has 3 heteroatoms. The molecule has 126 valence electrons. The minimum atomic E-state index is 0.151. The molecule has 0 heterocycles. The predicted molar refractivity (Wildman–Crippen MR) is 92.8 cm³/mol. The molecule has 3 nitrogen and oxygen atoms in total. The summed E-state index contributed by atoms with van der Waals surface area (Å²) in [6.45, 7) is 9.31. The molecule has 0 unspecified atom stereocenters. The zero-order valence-electron chi connectivity index (χ0n) is 14.8. The van der Waals surface area contributed by atoms with Crippen LogP contribution in [-0.4, -0.2) is 30.6 Å². The average Bonchev–Trinajstić information content (AvgIpc) is 2.49. The molecule has 0 bridgehead atoms. The van der Waals surface area contributed by atoms with Crippen LogP contribution >= 0.6 is 0 Å². The fourth-order valence-corrected chi connectivity index (χ4v) is 2.46. The van der Waals surface area contributed by atoms with E-state index in [2.05, 4.69) is 26.1 Å². The number of amides is 2. The van der Waals surface area contributed by atoms with Crippen LogP contribution in [0.3, 0.4) is 0 Å². The molecule has 0 aliphatic rings. The maximum Gasteiger partial charge on any atom is 0.317 e. The Labute approximate surface area is 132 Å². The number of hydrogen-bond donors (Lipinski definition) is 1. The Morgan fingerprint density at radius 2 is 1.19 bits per heavy atom. The van der Waals surface area contributed by atoms with Crippen LogP contribution in [0.15, 0.2) is 0 Å². The van der Waals surface area contributed by atoms with Crippen LogP contribution in [-0.2, 0) is 0 Å². The number of nitrogens with one attached hydrogen (secondary N) is 1. The summed E-state index contributed by atoms with van der Waals surface area (Å²) < 4.78 is 0. The van der Waals surface area contributed by atoms with E-state index in [0.29, 0.717) is 0 Å². The van der Waals surface area contributed by atoms with E-state index < -0.39 is 0 Å². The van der Waals surface area contributed by atoms with Gasteiger partial charge in [0.2, 0.25) is 0 Å². The Morgan fingerprint density at radius 3 is 1.71 bits per heavy atom. The number of hydrogen-bond acceptors (Lipinski definition) is 1. The molecule has 0 fully saturated rings. The topological polar surface area (TPSA) is 32.3 Å². The van der Waals surface area contributed by atoms with E-state index in [0.717, 1.165) is 38.9 Å². The Kier molecular flexibility index (Phi) is 15.1. The van der Waals surface area contributed by atoms with E-state index in [1.807, 2.05) is 4.90 Å². The van der Waals surface area contributed by atoms with Crippen molar-refractivity contribution < 1.29 is 4.79 Å². The summed E-state index contributed by atoms with van der Waals surface area (Å²) in [5.74, 6) is 0. The zero-order valence-corrected chi connectivity index (χ0v) is 14.8. The lowest BCUT2D eigenvalue weighted by molar-refractivity contribution is 0.195. The highest BCUT2D eigenvalue weighted by Gasteiger charge is 2.11. The first-order valence-electron chi connectivity index (χ1n) is 9.29. The molecule has 1 N–H and O–H groups in total. The predicted octanol–water partition coefficient (Wildman–Crippen LogP) is 5.35. The van der Waals surface area contributed by atoms with Gasteiger partial charge in [-0.25, -0.2) is 4.79 Å². The van der Waals surface area contributed by atoms with Crippen LogP contribution in [0.2, 0.25) is 0 Å². The third-order valence-corrected chi connectivity index (χ3v) is 3.91. The molecule has 0 radical (unpaired) electrons. The van der Waals surface area contributed by atoms with Crippen molar-refractivity contribution in [3.05, 3.63) is 0 Å². The zero-order chi connectivity index (χ0) is 15.8. The van der Waals surface area contributed by atoms with Gasteiger partial charge >= 0.3 is 6.03 Å². The van der Waals surface area contributed by atoms with Gasteiger partial charge in [-0.05, 0) is 19.3 Å². The van der Waals surface area contributed by atoms with Crippen LogP contribution in [0.5, 0.6) is 0 Å². The Bertz CT molecular complexity index is 221. The van der Waals surface area contributed by atoms with Gasteiger partial charge in [0.05, 0.1) is 0 Å². The normalized spacial score (nSPS) is 10.6. The van der Waals surface area contributed by atoms with E-state index in [9.17, 15) is 4.79 Å². The smallest absolute Gasteiger partial charge is 0.317 e. The Morgan fingerprint density at radius 1 is 0.714 bits per heavy atom. The molecule has 0 aromatic rings. The molecule has 0 saturated carbocycles. The summed E-state index contributed by atoms with van der Waals surface area (Å²) in [5.41, 5.74) is 0. The standard InChI is InChI=1S/C18H38N2O/c1-4-7-10-11-12-15-19-18(21)20(16-13-8-5-2)17-14-9-6-3/h4-17H2,1-3H3,(H,19,21). The highest BCUT2D eigenvalue weighted by molar-refractivity contribution is 5.74. The first-order chi connectivity index (χ1) is 10.3. The van der Waals surface area contributed by atoms with E-state index in [1.165, 1.54) is 51.4 Å². The van der Waals surface area contributed by atoms with Crippen molar-refractivity contribution in [2.75, 3.05) is 19.6 Å². The molecule has 0 saturated heterocycles. The summed E-state index contributed by atoms with van der Waals surface area (Å²) in [7, 11) is 0. The minimum Gasteiger partial charge on any atom is -0.338 e. The van der Waals surface area contributed by atoms with Crippen molar-refractivity contribution in [2.45, 2.75) is 91.4 Å². The number of nitrogens with zero attached hydrogens (tertiary/aromatic N) is 1. The van der Waals surface area contributed by atoms with Crippen LogP contribution < -0.4 is 5.32 Å². The van der Waals surface area contributed by atoms with Crippen molar-refractivity contribution in [1.29, 1.82) is 0 Å². The SMILES string of the molecule is CCCCCCCNC(=O)N(CCCCC)CCCCC. The minimum absolute atomic E-state index is 0.151. The van der Waals surface area contributed by atoms with Crippen molar-refractivity contribution >= 4 is 6.03 Å². The lowest BCUT2D eigenvalue weighted by Gasteiger charge is -2.23. The molecule has 0 rings (SSSR count). The largest absolute Gasteiger partial charge is 0.338 e. The average molecular weight is 299 g/mol. The summed E-state index contributed by atoms with van der Waals surface area (Å²) in [4.78, 5) is 14.3. The fourth-order valence-electron chi connectivity index (χ4n) is 2.46. The van der Waals surface area contributed by atoms with Gasteiger partial charge in [0.15, 0.2) is 0 Å². The summed E-state index contributed by atoms with van der Waals surface area (Å²) >= 11 is 0.